The van der Waals surface area contributed by atoms with Crippen LogP contribution in [0.5, 0.6) is 0 Å². The smallest absolute Gasteiger partial charge is 0.416 e. The lowest BCUT2D eigenvalue weighted by Crippen LogP contribution is -2.35. The molecule has 7 heteroatoms. The molecule has 0 heterocycles. The van der Waals surface area contributed by atoms with Crippen molar-refractivity contribution in [2.24, 2.45) is 0 Å². The van der Waals surface area contributed by atoms with Gasteiger partial charge in [0.05, 0.1) is 17.5 Å². The zero-order valence-corrected chi connectivity index (χ0v) is 14.0. The van der Waals surface area contributed by atoms with Crippen LogP contribution >= 0.6 is 0 Å². The fraction of sp³-hybridized carbons (Fsp3) is 0.263. The lowest BCUT2D eigenvalue weighted by Gasteiger charge is -2.17. The number of carbonyl (C=O) groups is 2. The van der Waals surface area contributed by atoms with Gasteiger partial charge in [-0.2, -0.15) is 13.2 Å². The quantitative estimate of drug-likeness (QED) is 0.820. The summed E-state index contributed by atoms with van der Waals surface area (Å²) in [6.45, 7) is 1.64. The maximum Gasteiger partial charge on any atom is 0.416 e. The standard InChI is InChI=1S/C19H18F3NO3/c1-12(10-15-4-2-3-5-16(15)19(20,21)22)23-17(24)11-13-6-8-14(9-7-13)18(25)26/h2-9,12H,10-11H2,1H3,(H,23,24)(H,25,26). The van der Waals surface area contributed by atoms with Gasteiger partial charge in [-0.3, -0.25) is 4.79 Å². The van der Waals surface area contributed by atoms with E-state index in [1.165, 1.54) is 42.5 Å². The van der Waals surface area contributed by atoms with Crippen LogP contribution in [0.4, 0.5) is 13.2 Å². The molecule has 0 saturated heterocycles. The molecule has 4 nitrogen and oxygen atoms in total. The number of nitrogens with one attached hydrogen (secondary N) is 1. The first-order valence-corrected chi connectivity index (χ1v) is 7.93. The second-order valence-corrected chi connectivity index (χ2v) is 6.01. The highest BCUT2D eigenvalue weighted by Crippen LogP contribution is 2.32. The monoisotopic (exact) mass is 365 g/mol. The van der Waals surface area contributed by atoms with Gasteiger partial charge in [0, 0.05) is 6.04 Å². The summed E-state index contributed by atoms with van der Waals surface area (Å²) in [5, 5.41) is 11.5. The van der Waals surface area contributed by atoms with Crippen LogP contribution < -0.4 is 5.32 Å². The third kappa shape index (κ3) is 5.34. The average Bonchev–Trinajstić information content (AvgIpc) is 2.54. The fourth-order valence-electron chi connectivity index (χ4n) is 2.63. The van der Waals surface area contributed by atoms with Crippen molar-refractivity contribution in [3.05, 3.63) is 70.8 Å². The number of benzene rings is 2. The van der Waals surface area contributed by atoms with E-state index in [1.807, 2.05) is 0 Å². The Morgan fingerprint density at radius 3 is 2.27 bits per heavy atom. The summed E-state index contributed by atoms with van der Waals surface area (Å²) in [7, 11) is 0. The van der Waals surface area contributed by atoms with Gasteiger partial charge in [0.25, 0.3) is 0 Å². The van der Waals surface area contributed by atoms with Gasteiger partial charge >= 0.3 is 12.1 Å². The number of carboxylic acids is 1. The molecule has 0 spiro atoms. The molecule has 2 N–H and O–H groups in total. The van der Waals surface area contributed by atoms with E-state index < -0.39 is 23.8 Å². The molecule has 0 radical (unpaired) electrons. The Bertz CT molecular complexity index is 785. The van der Waals surface area contributed by atoms with Crippen LogP contribution in [0.3, 0.4) is 0 Å². The van der Waals surface area contributed by atoms with E-state index in [2.05, 4.69) is 5.32 Å². The second kappa shape index (κ2) is 8.03. The Morgan fingerprint density at radius 2 is 1.69 bits per heavy atom. The number of alkyl halides is 3. The molecule has 138 valence electrons. The number of hydrogen-bond acceptors (Lipinski definition) is 2. The molecule has 1 amide bonds. The van der Waals surface area contributed by atoms with E-state index in [-0.39, 0.29) is 29.9 Å². The van der Waals surface area contributed by atoms with Gasteiger partial charge in [-0.1, -0.05) is 30.3 Å². The summed E-state index contributed by atoms with van der Waals surface area (Å²) < 4.78 is 39.0. The summed E-state index contributed by atoms with van der Waals surface area (Å²) in [5.74, 6) is -1.40. The van der Waals surface area contributed by atoms with Crippen molar-refractivity contribution in [3.8, 4) is 0 Å². The molecule has 0 fully saturated rings. The average molecular weight is 365 g/mol. The first kappa shape index (κ1) is 19.5. The summed E-state index contributed by atoms with van der Waals surface area (Å²) in [6, 6.07) is 10.7. The maximum absolute atomic E-state index is 13.0. The van der Waals surface area contributed by atoms with Crippen molar-refractivity contribution in [3.63, 3.8) is 0 Å². The molecule has 1 atom stereocenters. The van der Waals surface area contributed by atoms with Crippen LogP contribution in [0.25, 0.3) is 0 Å². The van der Waals surface area contributed by atoms with Crippen molar-refractivity contribution in [1.29, 1.82) is 0 Å². The molecule has 2 rings (SSSR count). The number of hydrogen-bond donors (Lipinski definition) is 2. The number of carbonyl (C=O) groups excluding carboxylic acids is 1. The predicted molar refractivity (Wildman–Crippen MR) is 89.9 cm³/mol. The van der Waals surface area contributed by atoms with E-state index in [0.29, 0.717) is 5.56 Å². The topological polar surface area (TPSA) is 66.4 Å². The molecule has 0 aromatic heterocycles. The van der Waals surface area contributed by atoms with E-state index in [1.54, 1.807) is 6.92 Å². The summed E-state index contributed by atoms with van der Waals surface area (Å²) in [5.41, 5.74) is 0.158. The van der Waals surface area contributed by atoms with Gasteiger partial charge in [0.2, 0.25) is 5.91 Å². The predicted octanol–water partition coefficient (Wildman–Crippen LogP) is 3.69. The van der Waals surface area contributed by atoms with Crippen molar-refractivity contribution in [2.75, 3.05) is 0 Å². The highest BCUT2D eigenvalue weighted by atomic mass is 19.4. The van der Waals surface area contributed by atoms with Crippen LogP contribution in [0.15, 0.2) is 48.5 Å². The number of amides is 1. The largest absolute Gasteiger partial charge is 0.478 e. The Labute approximate surface area is 148 Å². The number of aromatic carboxylic acids is 1. The normalized spacial score (nSPS) is 12.5. The molecule has 0 aliphatic carbocycles. The lowest BCUT2D eigenvalue weighted by atomic mass is 10.0. The minimum atomic E-state index is -4.44. The van der Waals surface area contributed by atoms with Crippen molar-refractivity contribution >= 4 is 11.9 Å². The Hall–Kier alpha value is -2.83. The lowest BCUT2D eigenvalue weighted by molar-refractivity contribution is -0.138. The number of carboxylic acid groups (broad SMARTS) is 1. The third-order valence-electron chi connectivity index (χ3n) is 3.82. The van der Waals surface area contributed by atoms with E-state index in [0.717, 1.165) is 6.07 Å². The van der Waals surface area contributed by atoms with Crippen LogP contribution in [0.2, 0.25) is 0 Å². The third-order valence-corrected chi connectivity index (χ3v) is 3.82. The van der Waals surface area contributed by atoms with Gasteiger partial charge < -0.3 is 10.4 Å². The fourth-order valence-corrected chi connectivity index (χ4v) is 2.63. The Kier molecular flexibility index (Phi) is 6.02. The second-order valence-electron chi connectivity index (χ2n) is 6.01. The first-order chi connectivity index (χ1) is 12.2. The zero-order valence-electron chi connectivity index (χ0n) is 14.0. The Balaban J connectivity index is 1.96. The maximum atomic E-state index is 13.0. The van der Waals surface area contributed by atoms with Crippen LogP contribution in [0, 0.1) is 0 Å². The van der Waals surface area contributed by atoms with Gasteiger partial charge in [0.15, 0.2) is 0 Å². The van der Waals surface area contributed by atoms with Gasteiger partial charge in [-0.05, 0) is 42.7 Å². The molecule has 26 heavy (non-hydrogen) atoms. The van der Waals surface area contributed by atoms with Crippen molar-refractivity contribution < 1.29 is 27.9 Å². The SMILES string of the molecule is CC(Cc1ccccc1C(F)(F)F)NC(=O)Cc1ccc(C(=O)O)cc1. The van der Waals surface area contributed by atoms with Crippen LogP contribution in [0.1, 0.15) is 34.0 Å². The summed E-state index contributed by atoms with van der Waals surface area (Å²) in [6.07, 6.45) is -4.36. The molecule has 2 aromatic carbocycles. The highest BCUT2D eigenvalue weighted by molar-refractivity contribution is 5.87. The first-order valence-electron chi connectivity index (χ1n) is 7.93. The molecule has 0 aliphatic rings. The van der Waals surface area contributed by atoms with Crippen molar-refractivity contribution in [2.45, 2.75) is 32.0 Å². The number of halogens is 3. The highest BCUT2D eigenvalue weighted by Gasteiger charge is 2.33. The van der Waals surface area contributed by atoms with E-state index in [4.69, 9.17) is 5.11 Å². The molecule has 0 aliphatic heterocycles. The molecular weight excluding hydrogens is 347 g/mol. The number of rotatable bonds is 6. The minimum Gasteiger partial charge on any atom is -0.478 e. The van der Waals surface area contributed by atoms with Crippen molar-refractivity contribution in [1.82, 2.24) is 5.32 Å². The van der Waals surface area contributed by atoms with Gasteiger partial charge in [-0.15, -0.1) is 0 Å². The zero-order chi connectivity index (χ0) is 19.3. The minimum absolute atomic E-state index is 0.0190. The van der Waals surface area contributed by atoms with Crippen LogP contribution in [-0.4, -0.2) is 23.0 Å². The van der Waals surface area contributed by atoms with E-state index >= 15 is 0 Å². The Morgan fingerprint density at radius 1 is 1.08 bits per heavy atom. The van der Waals surface area contributed by atoms with Crippen LogP contribution in [-0.2, 0) is 23.8 Å². The molecule has 1 unspecified atom stereocenters. The van der Waals surface area contributed by atoms with Gasteiger partial charge in [0.1, 0.15) is 0 Å². The summed E-state index contributed by atoms with van der Waals surface area (Å²) >= 11 is 0. The van der Waals surface area contributed by atoms with Gasteiger partial charge in [-0.25, -0.2) is 4.79 Å². The summed E-state index contributed by atoms with van der Waals surface area (Å²) in [4.78, 5) is 22.9. The molecule has 0 saturated carbocycles. The molecular formula is C19H18F3NO3. The molecule has 0 bridgehead atoms. The van der Waals surface area contributed by atoms with E-state index in [9.17, 15) is 22.8 Å². The molecule has 2 aromatic rings.